The lowest BCUT2D eigenvalue weighted by atomic mass is 10.2. The van der Waals surface area contributed by atoms with Gasteiger partial charge in [0.05, 0.1) is 0 Å². The molecule has 23 heavy (non-hydrogen) atoms. The Labute approximate surface area is 141 Å². The van der Waals surface area contributed by atoms with Gasteiger partial charge in [-0.3, -0.25) is 0 Å². The van der Waals surface area contributed by atoms with Crippen molar-refractivity contribution in [1.29, 1.82) is 0 Å². The Kier molecular flexibility index (Phi) is 5.26. The molecule has 3 aromatic rings. The van der Waals surface area contributed by atoms with E-state index < -0.39 is 0 Å². The van der Waals surface area contributed by atoms with Gasteiger partial charge in [0.25, 0.3) is 0 Å². The van der Waals surface area contributed by atoms with Gasteiger partial charge in [-0.05, 0) is 48.2 Å². The Hall–Kier alpha value is -1.91. The van der Waals surface area contributed by atoms with Crippen LogP contribution in [0, 0.1) is 13.8 Å². The van der Waals surface area contributed by atoms with Crippen molar-refractivity contribution in [2.75, 3.05) is 0 Å². The second-order valence-electron chi connectivity index (χ2n) is 6.12. The number of hydrogen-bond donors (Lipinski definition) is 0. The van der Waals surface area contributed by atoms with Crippen LogP contribution in [0.1, 0.15) is 22.3 Å². The lowest BCUT2D eigenvalue weighted by Gasteiger charge is -2.21. The van der Waals surface area contributed by atoms with E-state index in [1.807, 2.05) is 0 Å². The summed E-state index contributed by atoms with van der Waals surface area (Å²) in [5.41, 5.74) is 5.66. The minimum absolute atomic E-state index is 0.242. The standard InChI is InChI=1S/C22H23P/c1-18-13-14-22(19(2)15-18)23(16-20-9-5-3-6-10-20)17-21-11-7-4-8-12-21/h3-15H,16-17H2,1-2H3. The van der Waals surface area contributed by atoms with Crippen LogP contribution < -0.4 is 5.30 Å². The van der Waals surface area contributed by atoms with Gasteiger partial charge in [-0.15, -0.1) is 0 Å². The topological polar surface area (TPSA) is 0 Å². The fourth-order valence-corrected chi connectivity index (χ4v) is 5.60. The molecule has 0 aliphatic carbocycles. The van der Waals surface area contributed by atoms with E-state index in [-0.39, 0.29) is 7.92 Å². The number of aryl methyl sites for hydroxylation is 2. The van der Waals surface area contributed by atoms with Gasteiger partial charge in [-0.25, -0.2) is 0 Å². The fraction of sp³-hybridized carbons (Fsp3) is 0.182. The van der Waals surface area contributed by atoms with E-state index in [9.17, 15) is 0 Å². The lowest BCUT2D eigenvalue weighted by Crippen LogP contribution is -2.09. The molecule has 3 aromatic carbocycles. The first-order valence-electron chi connectivity index (χ1n) is 8.12. The summed E-state index contributed by atoms with van der Waals surface area (Å²) in [5.74, 6) is 0. The van der Waals surface area contributed by atoms with Crippen molar-refractivity contribution in [2.24, 2.45) is 0 Å². The molecule has 0 N–H and O–H groups in total. The van der Waals surface area contributed by atoms with Crippen LogP contribution in [0.15, 0.2) is 78.9 Å². The van der Waals surface area contributed by atoms with Gasteiger partial charge >= 0.3 is 0 Å². The summed E-state index contributed by atoms with van der Waals surface area (Å²) in [6, 6.07) is 28.7. The van der Waals surface area contributed by atoms with Crippen molar-refractivity contribution < 1.29 is 0 Å². The summed E-state index contributed by atoms with van der Waals surface area (Å²) >= 11 is 0. The highest BCUT2D eigenvalue weighted by Crippen LogP contribution is 2.43. The first kappa shape index (κ1) is 16.0. The van der Waals surface area contributed by atoms with Crippen LogP contribution >= 0.6 is 7.92 Å². The van der Waals surface area contributed by atoms with Crippen LogP contribution in [-0.2, 0) is 12.3 Å². The number of rotatable bonds is 5. The quantitative estimate of drug-likeness (QED) is 0.521. The average molecular weight is 318 g/mol. The summed E-state index contributed by atoms with van der Waals surface area (Å²) < 4.78 is 0. The largest absolute Gasteiger partial charge is 0.0661 e. The van der Waals surface area contributed by atoms with E-state index in [0.29, 0.717) is 0 Å². The zero-order valence-electron chi connectivity index (χ0n) is 13.9. The highest BCUT2D eigenvalue weighted by atomic mass is 31.1. The third-order valence-electron chi connectivity index (χ3n) is 4.13. The van der Waals surface area contributed by atoms with Crippen LogP contribution in [0.2, 0.25) is 0 Å². The van der Waals surface area contributed by atoms with Crippen molar-refractivity contribution in [1.82, 2.24) is 0 Å². The van der Waals surface area contributed by atoms with Gasteiger partial charge in [0.2, 0.25) is 0 Å². The third-order valence-corrected chi connectivity index (χ3v) is 6.80. The second kappa shape index (κ2) is 7.57. The molecule has 1 heteroatoms. The minimum Gasteiger partial charge on any atom is -0.0661 e. The van der Waals surface area contributed by atoms with E-state index in [1.54, 1.807) is 5.30 Å². The van der Waals surface area contributed by atoms with Gasteiger partial charge in [0.1, 0.15) is 0 Å². The van der Waals surface area contributed by atoms with Gasteiger partial charge in [-0.1, -0.05) is 92.3 Å². The molecule has 0 spiro atoms. The maximum atomic E-state index is 2.35. The van der Waals surface area contributed by atoms with Crippen molar-refractivity contribution in [2.45, 2.75) is 26.2 Å². The number of benzene rings is 3. The maximum Gasteiger partial charge on any atom is -0.00297 e. The van der Waals surface area contributed by atoms with Crippen LogP contribution in [0.4, 0.5) is 0 Å². The number of hydrogen-bond acceptors (Lipinski definition) is 0. The third kappa shape index (κ3) is 4.30. The summed E-state index contributed by atoms with van der Waals surface area (Å²) in [5, 5.41) is 1.54. The zero-order chi connectivity index (χ0) is 16.1. The van der Waals surface area contributed by atoms with Gasteiger partial charge in [-0.2, -0.15) is 0 Å². The van der Waals surface area contributed by atoms with Gasteiger partial charge < -0.3 is 0 Å². The SMILES string of the molecule is Cc1ccc(P(Cc2ccccc2)Cc2ccccc2)c(C)c1. The summed E-state index contributed by atoms with van der Waals surface area (Å²) in [4.78, 5) is 0. The molecule has 3 rings (SSSR count). The van der Waals surface area contributed by atoms with Gasteiger partial charge in [0, 0.05) is 0 Å². The predicted molar refractivity (Wildman–Crippen MR) is 103 cm³/mol. The predicted octanol–water partition coefficient (Wildman–Crippen LogP) is 5.81. The average Bonchev–Trinajstić information content (AvgIpc) is 2.56. The molecular formula is C22H23P. The minimum atomic E-state index is -0.242. The smallest absolute Gasteiger partial charge is 0.00297 e. The van der Waals surface area contributed by atoms with E-state index >= 15 is 0 Å². The highest BCUT2D eigenvalue weighted by Gasteiger charge is 2.15. The summed E-state index contributed by atoms with van der Waals surface area (Å²) in [7, 11) is -0.242. The Morgan fingerprint density at radius 1 is 0.652 bits per heavy atom. The molecule has 0 heterocycles. The molecule has 0 nitrogen and oxygen atoms in total. The molecule has 0 aliphatic rings. The molecule has 116 valence electrons. The normalized spacial score (nSPS) is 10.9. The highest BCUT2D eigenvalue weighted by molar-refractivity contribution is 7.64. The van der Waals surface area contributed by atoms with E-state index in [1.165, 1.54) is 22.3 Å². The van der Waals surface area contributed by atoms with E-state index in [0.717, 1.165) is 12.3 Å². The monoisotopic (exact) mass is 318 g/mol. The first-order valence-corrected chi connectivity index (χ1v) is 9.83. The first-order chi connectivity index (χ1) is 11.2. The molecule has 0 atom stereocenters. The van der Waals surface area contributed by atoms with Gasteiger partial charge in [0.15, 0.2) is 0 Å². The molecule has 0 saturated carbocycles. The summed E-state index contributed by atoms with van der Waals surface area (Å²) in [6.45, 7) is 4.43. The summed E-state index contributed by atoms with van der Waals surface area (Å²) in [6.07, 6.45) is 2.30. The molecule has 0 unspecified atom stereocenters. The molecule has 0 radical (unpaired) electrons. The molecule has 0 aliphatic heterocycles. The molecule has 0 amide bonds. The molecule has 0 bridgehead atoms. The maximum absolute atomic E-state index is 2.35. The van der Waals surface area contributed by atoms with Crippen molar-refractivity contribution >= 4 is 13.2 Å². The molecule has 0 aromatic heterocycles. The zero-order valence-corrected chi connectivity index (χ0v) is 14.8. The van der Waals surface area contributed by atoms with E-state index in [2.05, 4.69) is 92.7 Å². The second-order valence-corrected chi connectivity index (χ2v) is 8.31. The van der Waals surface area contributed by atoms with Crippen molar-refractivity contribution in [3.05, 3.63) is 101 Å². The Morgan fingerprint density at radius 3 is 1.65 bits per heavy atom. The van der Waals surface area contributed by atoms with Crippen molar-refractivity contribution in [3.8, 4) is 0 Å². The van der Waals surface area contributed by atoms with Crippen LogP contribution in [-0.4, -0.2) is 0 Å². The van der Waals surface area contributed by atoms with Crippen LogP contribution in [0.5, 0.6) is 0 Å². The van der Waals surface area contributed by atoms with Crippen LogP contribution in [0.3, 0.4) is 0 Å². The Morgan fingerprint density at radius 2 is 1.17 bits per heavy atom. The molecule has 0 fully saturated rings. The Bertz CT molecular complexity index is 706. The van der Waals surface area contributed by atoms with Crippen molar-refractivity contribution in [3.63, 3.8) is 0 Å². The Balaban J connectivity index is 1.92. The lowest BCUT2D eigenvalue weighted by molar-refractivity contribution is 1.32. The van der Waals surface area contributed by atoms with Crippen LogP contribution in [0.25, 0.3) is 0 Å². The van der Waals surface area contributed by atoms with E-state index in [4.69, 9.17) is 0 Å². The fourth-order valence-electron chi connectivity index (χ4n) is 2.99. The molecule has 0 saturated heterocycles. The molecular weight excluding hydrogens is 295 g/mol.